The summed E-state index contributed by atoms with van der Waals surface area (Å²) in [6, 6.07) is 14.8. The van der Waals surface area contributed by atoms with Crippen LogP contribution in [0.25, 0.3) is 0 Å². The summed E-state index contributed by atoms with van der Waals surface area (Å²) < 4.78 is 0. The summed E-state index contributed by atoms with van der Waals surface area (Å²) in [6.07, 6.45) is 1.38. The first kappa shape index (κ1) is 20.7. The van der Waals surface area contributed by atoms with Gasteiger partial charge in [0.25, 0.3) is 0 Å². The van der Waals surface area contributed by atoms with E-state index in [4.69, 9.17) is 23.2 Å². The smallest absolute Gasteiger partial charge is 0.343 e. The minimum atomic E-state index is -0.406. The maximum atomic E-state index is 11.9. The molecule has 7 nitrogen and oxygen atoms in total. The number of piperazine rings is 1. The Morgan fingerprint density at radius 1 is 0.933 bits per heavy atom. The van der Waals surface area contributed by atoms with Crippen molar-refractivity contribution in [1.82, 2.24) is 9.97 Å². The zero-order valence-electron chi connectivity index (χ0n) is 15.7. The van der Waals surface area contributed by atoms with E-state index in [0.717, 1.165) is 10.6 Å². The Balaban J connectivity index is 1.55. The molecule has 2 heterocycles. The average molecular weight is 462 g/mol. The normalized spacial score (nSPS) is 14.1. The Hall–Kier alpha value is -2.55. The summed E-state index contributed by atoms with van der Waals surface area (Å²) in [5, 5.41) is 13.5. The summed E-state index contributed by atoms with van der Waals surface area (Å²) in [5.74, 6) is 0.345. The van der Waals surface area contributed by atoms with Crippen molar-refractivity contribution >= 4 is 52.2 Å². The van der Waals surface area contributed by atoms with Gasteiger partial charge in [-0.1, -0.05) is 41.0 Å². The molecule has 1 saturated heterocycles. The lowest BCUT2D eigenvalue weighted by molar-refractivity contribution is -0.387. The van der Waals surface area contributed by atoms with Gasteiger partial charge in [-0.25, -0.2) is 9.97 Å². The zero-order valence-corrected chi connectivity index (χ0v) is 18.1. The van der Waals surface area contributed by atoms with E-state index < -0.39 is 4.92 Å². The van der Waals surface area contributed by atoms with Crippen molar-refractivity contribution in [3.8, 4) is 0 Å². The third-order valence-corrected chi connectivity index (χ3v) is 6.22. The lowest BCUT2D eigenvalue weighted by atomic mass is 10.2. The molecule has 0 bridgehead atoms. The van der Waals surface area contributed by atoms with Crippen molar-refractivity contribution in [2.75, 3.05) is 36.0 Å². The SMILES string of the molecule is O=[N+]([O-])c1c(Sc2ccc(Cl)cc2)ncnc1N1CCN(c2cccc(Cl)c2)CC1. The molecule has 0 amide bonds. The van der Waals surface area contributed by atoms with Crippen LogP contribution in [-0.2, 0) is 0 Å². The molecule has 10 heteroatoms. The molecular formula is C20H17Cl2N5O2S. The fourth-order valence-electron chi connectivity index (χ4n) is 3.28. The van der Waals surface area contributed by atoms with Crippen LogP contribution in [0.15, 0.2) is 64.8 Å². The highest BCUT2D eigenvalue weighted by Gasteiger charge is 2.29. The van der Waals surface area contributed by atoms with E-state index in [0.29, 0.717) is 47.1 Å². The van der Waals surface area contributed by atoms with Crippen molar-refractivity contribution in [3.63, 3.8) is 0 Å². The van der Waals surface area contributed by atoms with Crippen LogP contribution in [0.2, 0.25) is 10.0 Å². The van der Waals surface area contributed by atoms with Gasteiger partial charge in [0, 0.05) is 46.8 Å². The lowest BCUT2D eigenvalue weighted by Crippen LogP contribution is -2.47. The maximum absolute atomic E-state index is 11.9. The van der Waals surface area contributed by atoms with Crippen LogP contribution in [0, 0.1) is 10.1 Å². The van der Waals surface area contributed by atoms with Crippen LogP contribution in [0.1, 0.15) is 0 Å². The third kappa shape index (κ3) is 4.61. The van der Waals surface area contributed by atoms with E-state index >= 15 is 0 Å². The first-order valence-corrected chi connectivity index (χ1v) is 10.8. The van der Waals surface area contributed by atoms with Gasteiger partial charge < -0.3 is 9.80 Å². The Morgan fingerprint density at radius 2 is 1.63 bits per heavy atom. The lowest BCUT2D eigenvalue weighted by Gasteiger charge is -2.36. The highest BCUT2D eigenvalue weighted by molar-refractivity contribution is 7.99. The van der Waals surface area contributed by atoms with Gasteiger partial charge in [0.2, 0.25) is 5.82 Å². The Bertz CT molecular complexity index is 1060. The van der Waals surface area contributed by atoms with Crippen molar-refractivity contribution in [2.45, 2.75) is 9.92 Å². The minimum absolute atomic E-state index is 0.0753. The maximum Gasteiger partial charge on any atom is 0.343 e. The number of nitro groups is 1. The largest absolute Gasteiger partial charge is 0.368 e. The Morgan fingerprint density at radius 3 is 2.30 bits per heavy atom. The Labute approximate surface area is 187 Å². The van der Waals surface area contributed by atoms with Crippen molar-refractivity contribution in [3.05, 3.63) is 75.0 Å². The standard InChI is InChI=1S/C20H17Cl2N5O2S/c21-14-4-6-17(7-5-14)30-20-18(27(28)29)19(23-13-24-20)26-10-8-25(9-11-26)16-3-1-2-15(22)12-16/h1-7,12-13H,8-11H2. The molecule has 1 fully saturated rings. The molecule has 0 N–H and O–H groups in total. The van der Waals surface area contributed by atoms with Crippen LogP contribution < -0.4 is 9.80 Å². The number of rotatable bonds is 5. The number of halogens is 2. The predicted molar refractivity (Wildman–Crippen MR) is 120 cm³/mol. The first-order valence-electron chi connectivity index (χ1n) is 9.19. The van der Waals surface area contributed by atoms with Gasteiger partial charge in [-0.2, -0.15) is 0 Å². The number of hydrogen-bond acceptors (Lipinski definition) is 7. The van der Waals surface area contributed by atoms with E-state index in [1.165, 1.54) is 18.1 Å². The quantitative estimate of drug-likeness (QED) is 0.294. The second-order valence-electron chi connectivity index (χ2n) is 6.62. The molecule has 1 aliphatic heterocycles. The van der Waals surface area contributed by atoms with Crippen molar-refractivity contribution in [2.24, 2.45) is 0 Å². The number of aromatic nitrogens is 2. The van der Waals surface area contributed by atoms with Gasteiger partial charge >= 0.3 is 5.69 Å². The molecule has 0 spiro atoms. The van der Waals surface area contributed by atoms with Gasteiger partial charge in [-0.05, 0) is 42.5 Å². The molecule has 4 rings (SSSR count). The summed E-state index contributed by atoms with van der Waals surface area (Å²) in [4.78, 5) is 24.9. The summed E-state index contributed by atoms with van der Waals surface area (Å²) in [5.41, 5.74) is 0.965. The van der Waals surface area contributed by atoms with E-state index in [2.05, 4.69) is 14.9 Å². The van der Waals surface area contributed by atoms with Crippen LogP contribution in [0.3, 0.4) is 0 Å². The summed E-state index contributed by atoms with van der Waals surface area (Å²) >= 11 is 13.3. The summed E-state index contributed by atoms with van der Waals surface area (Å²) in [6.45, 7) is 2.63. The van der Waals surface area contributed by atoms with Crippen molar-refractivity contribution < 1.29 is 4.92 Å². The van der Waals surface area contributed by atoms with Gasteiger partial charge in [0.1, 0.15) is 6.33 Å². The minimum Gasteiger partial charge on any atom is -0.368 e. The van der Waals surface area contributed by atoms with Crippen LogP contribution >= 0.6 is 35.0 Å². The fourth-order valence-corrected chi connectivity index (χ4v) is 4.45. The molecule has 0 radical (unpaired) electrons. The highest BCUT2D eigenvalue weighted by Crippen LogP contribution is 2.38. The molecule has 2 aromatic carbocycles. The average Bonchev–Trinajstić information content (AvgIpc) is 2.75. The molecule has 154 valence electrons. The number of anilines is 2. The molecule has 1 aliphatic rings. The van der Waals surface area contributed by atoms with Gasteiger partial charge in [-0.3, -0.25) is 10.1 Å². The topological polar surface area (TPSA) is 75.4 Å². The number of benzene rings is 2. The van der Waals surface area contributed by atoms with Gasteiger partial charge in [0.05, 0.1) is 4.92 Å². The van der Waals surface area contributed by atoms with E-state index in [9.17, 15) is 10.1 Å². The molecule has 3 aromatic rings. The van der Waals surface area contributed by atoms with E-state index in [1.54, 1.807) is 12.1 Å². The zero-order chi connectivity index (χ0) is 21.1. The first-order chi connectivity index (χ1) is 14.5. The van der Waals surface area contributed by atoms with Gasteiger partial charge in [0.15, 0.2) is 5.03 Å². The monoisotopic (exact) mass is 461 g/mol. The number of hydrogen-bond donors (Lipinski definition) is 0. The molecule has 0 aliphatic carbocycles. The highest BCUT2D eigenvalue weighted by atomic mass is 35.5. The van der Waals surface area contributed by atoms with Crippen molar-refractivity contribution in [1.29, 1.82) is 0 Å². The Kier molecular flexibility index (Phi) is 6.26. The molecule has 1 aromatic heterocycles. The fraction of sp³-hybridized carbons (Fsp3) is 0.200. The molecule has 30 heavy (non-hydrogen) atoms. The second-order valence-corrected chi connectivity index (χ2v) is 8.55. The predicted octanol–water partition coefficient (Wildman–Crippen LogP) is 5.17. The third-order valence-electron chi connectivity index (χ3n) is 4.73. The molecule has 0 unspecified atom stereocenters. The van der Waals surface area contributed by atoms with E-state index in [1.807, 2.05) is 41.3 Å². The van der Waals surface area contributed by atoms with E-state index in [-0.39, 0.29) is 5.69 Å². The summed E-state index contributed by atoms with van der Waals surface area (Å²) in [7, 11) is 0. The second kappa shape index (κ2) is 9.07. The van der Waals surface area contributed by atoms with Crippen LogP contribution in [0.5, 0.6) is 0 Å². The molecule has 0 saturated carbocycles. The van der Waals surface area contributed by atoms with Gasteiger partial charge in [-0.15, -0.1) is 0 Å². The molecule has 0 atom stereocenters. The van der Waals surface area contributed by atoms with Crippen LogP contribution in [-0.4, -0.2) is 41.1 Å². The number of nitrogens with zero attached hydrogens (tertiary/aromatic N) is 5. The van der Waals surface area contributed by atoms with Crippen LogP contribution in [0.4, 0.5) is 17.2 Å². The molecular weight excluding hydrogens is 445 g/mol.